The number of nitrogens with zero attached hydrogens (tertiary/aromatic N) is 2. The second kappa shape index (κ2) is 8.81. The van der Waals surface area contributed by atoms with Crippen LogP contribution in [0.25, 0.3) is 0 Å². The molecule has 1 atom stereocenters. The number of benzene rings is 2. The van der Waals surface area contributed by atoms with Crippen molar-refractivity contribution in [2.45, 2.75) is 58.2 Å². The first kappa shape index (κ1) is 20.9. The first-order chi connectivity index (χ1) is 14.4. The van der Waals surface area contributed by atoms with Gasteiger partial charge in [0.25, 0.3) is 5.91 Å². The Balaban J connectivity index is 1.67. The van der Waals surface area contributed by atoms with Gasteiger partial charge in [-0.3, -0.25) is 9.59 Å². The molecule has 2 aromatic carbocycles. The number of amides is 2. The second-order valence-corrected chi connectivity index (χ2v) is 9.21. The lowest BCUT2D eigenvalue weighted by molar-refractivity contribution is -0.160. The molecule has 0 N–H and O–H groups in total. The molecule has 0 aromatic heterocycles. The van der Waals surface area contributed by atoms with E-state index in [0.29, 0.717) is 17.5 Å². The van der Waals surface area contributed by atoms with Crippen LogP contribution in [0.2, 0.25) is 5.02 Å². The molecule has 5 heteroatoms. The smallest absolute Gasteiger partial charge is 0.250 e. The molecule has 30 heavy (non-hydrogen) atoms. The van der Waals surface area contributed by atoms with Gasteiger partial charge in [0.1, 0.15) is 12.6 Å². The lowest BCUT2D eigenvalue weighted by atomic mass is 9.85. The van der Waals surface area contributed by atoms with Crippen molar-refractivity contribution in [2.24, 2.45) is 5.92 Å². The van der Waals surface area contributed by atoms with E-state index >= 15 is 0 Å². The van der Waals surface area contributed by atoms with Gasteiger partial charge >= 0.3 is 0 Å². The van der Waals surface area contributed by atoms with Gasteiger partial charge in [-0.2, -0.15) is 0 Å². The van der Waals surface area contributed by atoms with Gasteiger partial charge in [-0.05, 0) is 55.7 Å². The predicted molar refractivity (Wildman–Crippen MR) is 119 cm³/mol. The molecule has 2 fully saturated rings. The molecule has 1 aliphatic carbocycles. The molecule has 0 radical (unpaired) electrons. The van der Waals surface area contributed by atoms with Crippen LogP contribution in [0.1, 0.15) is 55.3 Å². The molecule has 1 saturated carbocycles. The van der Waals surface area contributed by atoms with Crippen molar-refractivity contribution in [1.29, 1.82) is 0 Å². The highest BCUT2D eigenvalue weighted by atomic mass is 35.5. The summed E-state index contributed by atoms with van der Waals surface area (Å²) in [5, 5.41) is 0.615. The maximum atomic E-state index is 13.7. The van der Waals surface area contributed by atoms with Crippen LogP contribution >= 0.6 is 11.6 Å². The maximum absolute atomic E-state index is 13.7. The molecular formula is C25H29ClN2O2. The standard InChI is InChI=1S/C25H29ClN2O2/c1-17-7-11-19(12-8-17)24-25(30)27(21-13-9-18(2)10-14-21)16-23(29)28(24)15-20-5-3-4-6-22(20)26/h3-8,11-12,18,21,24H,9-10,13-16H2,1-2H3/t18?,21?,24-/m0/s1. The largest absolute Gasteiger partial charge is 0.328 e. The normalized spacial score (nSPS) is 25.0. The van der Waals surface area contributed by atoms with Crippen molar-refractivity contribution < 1.29 is 9.59 Å². The minimum absolute atomic E-state index is 0.0151. The Labute approximate surface area is 183 Å². The van der Waals surface area contributed by atoms with E-state index in [1.165, 1.54) is 0 Å². The maximum Gasteiger partial charge on any atom is 0.250 e. The molecular weight excluding hydrogens is 396 g/mol. The molecule has 2 aromatic rings. The van der Waals surface area contributed by atoms with Crippen molar-refractivity contribution in [2.75, 3.05) is 6.54 Å². The first-order valence-corrected chi connectivity index (χ1v) is 11.2. The fraction of sp³-hybridized carbons (Fsp3) is 0.440. The van der Waals surface area contributed by atoms with Gasteiger partial charge in [-0.15, -0.1) is 0 Å². The van der Waals surface area contributed by atoms with E-state index in [1.54, 1.807) is 4.90 Å². The molecule has 1 heterocycles. The van der Waals surface area contributed by atoms with Crippen LogP contribution < -0.4 is 0 Å². The molecule has 0 unspecified atom stereocenters. The molecule has 1 saturated heterocycles. The average Bonchev–Trinajstić information content (AvgIpc) is 2.74. The summed E-state index contributed by atoms with van der Waals surface area (Å²) in [6.07, 6.45) is 4.18. The van der Waals surface area contributed by atoms with Crippen molar-refractivity contribution in [3.05, 3.63) is 70.2 Å². The lowest BCUT2D eigenvalue weighted by Gasteiger charge is -2.45. The molecule has 158 valence electrons. The van der Waals surface area contributed by atoms with Crippen LogP contribution in [0, 0.1) is 12.8 Å². The number of halogens is 1. The Morgan fingerprint density at radius 1 is 0.967 bits per heavy atom. The zero-order valence-electron chi connectivity index (χ0n) is 17.7. The third-order valence-corrected chi connectivity index (χ3v) is 6.94. The quantitative estimate of drug-likeness (QED) is 0.681. The van der Waals surface area contributed by atoms with Crippen molar-refractivity contribution in [3.63, 3.8) is 0 Å². The zero-order chi connectivity index (χ0) is 21.3. The summed E-state index contributed by atoms with van der Waals surface area (Å²) in [5.41, 5.74) is 2.85. The van der Waals surface area contributed by atoms with E-state index < -0.39 is 6.04 Å². The number of piperazine rings is 1. The van der Waals surface area contributed by atoms with Gasteiger partial charge in [-0.1, -0.05) is 66.6 Å². The molecule has 2 amide bonds. The predicted octanol–water partition coefficient (Wildman–Crippen LogP) is 5.14. The number of aryl methyl sites for hydroxylation is 1. The second-order valence-electron chi connectivity index (χ2n) is 8.81. The molecule has 4 rings (SSSR count). The molecule has 1 aliphatic heterocycles. The van der Waals surface area contributed by atoms with Crippen LogP contribution in [-0.4, -0.2) is 34.2 Å². The van der Waals surface area contributed by atoms with Gasteiger partial charge in [0.05, 0.1) is 0 Å². The summed E-state index contributed by atoms with van der Waals surface area (Å²) in [5.74, 6) is 0.713. The highest BCUT2D eigenvalue weighted by Crippen LogP contribution is 2.35. The first-order valence-electron chi connectivity index (χ1n) is 10.8. The lowest BCUT2D eigenvalue weighted by Crippen LogP contribution is -2.58. The van der Waals surface area contributed by atoms with Crippen LogP contribution in [0.5, 0.6) is 0 Å². The molecule has 0 spiro atoms. The fourth-order valence-corrected chi connectivity index (χ4v) is 4.87. The molecule has 2 aliphatic rings. The van der Waals surface area contributed by atoms with E-state index in [2.05, 4.69) is 6.92 Å². The average molecular weight is 425 g/mol. The highest BCUT2D eigenvalue weighted by molar-refractivity contribution is 6.31. The van der Waals surface area contributed by atoms with Crippen LogP contribution in [0.4, 0.5) is 0 Å². The van der Waals surface area contributed by atoms with E-state index in [0.717, 1.165) is 42.4 Å². The summed E-state index contributed by atoms with van der Waals surface area (Å²) < 4.78 is 0. The van der Waals surface area contributed by atoms with E-state index in [9.17, 15) is 9.59 Å². The SMILES string of the molecule is Cc1ccc([C@H]2C(=O)N(C3CCC(C)CC3)CC(=O)N2Cc2ccccc2Cl)cc1. The number of carbonyl (C=O) groups excluding carboxylic acids is 2. The van der Waals surface area contributed by atoms with E-state index in [4.69, 9.17) is 11.6 Å². The van der Waals surface area contributed by atoms with Crippen LogP contribution in [0.3, 0.4) is 0 Å². The van der Waals surface area contributed by atoms with Gasteiger partial charge in [0.2, 0.25) is 5.91 Å². The zero-order valence-corrected chi connectivity index (χ0v) is 18.4. The number of hydrogen-bond acceptors (Lipinski definition) is 2. The number of rotatable bonds is 4. The monoisotopic (exact) mass is 424 g/mol. The minimum atomic E-state index is -0.609. The number of carbonyl (C=O) groups is 2. The third-order valence-electron chi connectivity index (χ3n) is 6.57. The van der Waals surface area contributed by atoms with Gasteiger partial charge < -0.3 is 9.80 Å². The Morgan fingerprint density at radius 3 is 2.30 bits per heavy atom. The Hall–Kier alpha value is -2.33. The van der Waals surface area contributed by atoms with Crippen molar-refractivity contribution >= 4 is 23.4 Å². The van der Waals surface area contributed by atoms with Crippen LogP contribution in [-0.2, 0) is 16.1 Å². The number of hydrogen-bond donors (Lipinski definition) is 0. The fourth-order valence-electron chi connectivity index (χ4n) is 4.67. The molecule has 0 bridgehead atoms. The summed E-state index contributed by atoms with van der Waals surface area (Å²) in [7, 11) is 0. The Bertz CT molecular complexity index is 919. The van der Waals surface area contributed by atoms with Gasteiger partial charge in [0, 0.05) is 17.6 Å². The molecule has 4 nitrogen and oxygen atoms in total. The van der Waals surface area contributed by atoms with Crippen molar-refractivity contribution in [1.82, 2.24) is 9.80 Å². The summed E-state index contributed by atoms with van der Waals surface area (Å²) >= 11 is 6.37. The van der Waals surface area contributed by atoms with Gasteiger partial charge in [-0.25, -0.2) is 0 Å². The van der Waals surface area contributed by atoms with E-state index in [-0.39, 0.29) is 24.4 Å². The third kappa shape index (κ3) is 4.24. The highest BCUT2D eigenvalue weighted by Gasteiger charge is 2.43. The minimum Gasteiger partial charge on any atom is -0.328 e. The van der Waals surface area contributed by atoms with Crippen molar-refractivity contribution in [3.8, 4) is 0 Å². The Kier molecular flexibility index (Phi) is 6.14. The van der Waals surface area contributed by atoms with Crippen LogP contribution in [0.15, 0.2) is 48.5 Å². The summed E-state index contributed by atoms with van der Waals surface area (Å²) in [6.45, 7) is 4.78. The topological polar surface area (TPSA) is 40.6 Å². The van der Waals surface area contributed by atoms with E-state index in [1.807, 2.05) is 60.4 Å². The Morgan fingerprint density at radius 2 is 1.63 bits per heavy atom. The van der Waals surface area contributed by atoms with Gasteiger partial charge in [0.15, 0.2) is 0 Å². The summed E-state index contributed by atoms with van der Waals surface area (Å²) in [6, 6.07) is 15.0. The summed E-state index contributed by atoms with van der Waals surface area (Å²) in [4.78, 5) is 30.6.